The van der Waals surface area contributed by atoms with Crippen LogP contribution in [0.15, 0.2) is 0 Å². The van der Waals surface area contributed by atoms with Crippen LogP contribution in [0.25, 0.3) is 0 Å². The fourth-order valence-electron chi connectivity index (χ4n) is 2.78. The Bertz CT molecular complexity index is 192. The monoisotopic (exact) mass is 212 g/mol. The Morgan fingerprint density at radius 2 is 2.27 bits per heavy atom. The van der Waals surface area contributed by atoms with Crippen LogP contribution in [0.3, 0.4) is 0 Å². The second-order valence-electron chi connectivity index (χ2n) is 5.09. The van der Waals surface area contributed by atoms with Crippen LogP contribution in [0.4, 0.5) is 0 Å². The number of rotatable bonds is 3. The Hall–Kier alpha value is -0.120. The van der Waals surface area contributed by atoms with Crippen molar-refractivity contribution in [1.82, 2.24) is 10.2 Å². The van der Waals surface area contributed by atoms with Crippen LogP contribution in [0, 0.1) is 0 Å². The van der Waals surface area contributed by atoms with Crippen molar-refractivity contribution in [2.45, 2.75) is 50.8 Å². The summed E-state index contributed by atoms with van der Waals surface area (Å²) >= 11 is 0. The van der Waals surface area contributed by atoms with Crippen molar-refractivity contribution in [3.63, 3.8) is 0 Å². The lowest BCUT2D eigenvalue weighted by Gasteiger charge is -2.35. The van der Waals surface area contributed by atoms with Crippen LogP contribution in [-0.2, 0) is 4.74 Å². The van der Waals surface area contributed by atoms with E-state index < -0.39 is 0 Å². The zero-order chi connectivity index (χ0) is 10.7. The Kier molecular flexibility index (Phi) is 4.00. The number of ether oxygens (including phenoxy) is 1. The van der Waals surface area contributed by atoms with Crippen molar-refractivity contribution in [3.8, 4) is 0 Å². The summed E-state index contributed by atoms with van der Waals surface area (Å²) < 4.78 is 5.59. The molecule has 0 amide bonds. The van der Waals surface area contributed by atoms with E-state index in [9.17, 15) is 0 Å². The van der Waals surface area contributed by atoms with E-state index in [-0.39, 0.29) is 0 Å². The lowest BCUT2D eigenvalue weighted by atomic mass is 10.0. The molecule has 3 nitrogen and oxygen atoms in total. The van der Waals surface area contributed by atoms with E-state index in [0.717, 1.165) is 18.7 Å². The van der Waals surface area contributed by atoms with Crippen LogP contribution in [-0.4, -0.2) is 49.8 Å². The number of hydrogen-bond donors (Lipinski definition) is 1. The first-order valence-corrected chi connectivity index (χ1v) is 6.31. The highest BCUT2D eigenvalue weighted by atomic mass is 16.5. The smallest absolute Gasteiger partial charge is 0.0561 e. The minimum atomic E-state index is 0.447. The summed E-state index contributed by atoms with van der Waals surface area (Å²) in [4.78, 5) is 2.53. The molecule has 2 heterocycles. The van der Waals surface area contributed by atoms with Gasteiger partial charge in [-0.15, -0.1) is 0 Å². The van der Waals surface area contributed by atoms with E-state index in [1.807, 2.05) is 0 Å². The minimum absolute atomic E-state index is 0.447. The predicted molar refractivity (Wildman–Crippen MR) is 62.1 cm³/mol. The Labute approximate surface area is 93.2 Å². The highest BCUT2D eigenvalue weighted by Crippen LogP contribution is 2.19. The zero-order valence-corrected chi connectivity index (χ0v) is 10.0. The number of nitrogens with zero attached hydrogens (tertiary/aromatic N) is 1. The summed E-state index contributed by atoms with van der Waals surface area (Å²) in [6, 6.07) is 1.46. The quantitative estimate of drug-likeness (QED) is 0.762. The van der Waals surface area contributed by atoms with E-state index in [1.54, 1.807) is 0 Å². The molecular formula is C12H24N2O. The molecule has 0 aromatic heterocycles. The van der Waals surface area contributed by atoms with Gasteiger partial charge in [-0.2, -0.15) is 0 Å². The first-order chi connectivity index (χ1) is 7.25. The van der Waals surface area contributed by atoms with Gasteiger partial charge in [-0.3, -0.25) is 0 Å². The fraction of sp³-hybridized carbons (Fsp3) is 1.00. The molecule has 2 aliphatic rings. The second-order valence-corrected chi connectivity index (χ2v) is 5.09. The highest BCUT2D eigenvalue weighted by Gasteiger charge is 2.25. The van der Waals surface area contributed by atoms with Gasteiger partial charge in [0, 0.05) is 25.2 Å². The Morgan fingerprint density at radius 3 is 2.93 bits per heavy atom. The Balaban J connectivity index is 1.76. The van der Waals surface area contributed by atoms with Gasteiger partial charge in [0.2, 0.25) is 0 Å². The topological polar surface area (TPSA) is 24.5 Å². The molecule has 2 aliphatic heterocycles. The highest BCUT2D eigenvalue weighted by molar-refractivity contribution is 4.82. The van der Waals surface area contributed by atoms with Crippen molar-refractivity contribution in [1.29, 1.82) is 0 Å². The van der Waals surface area contributed by atoms with Gasteiger partial charge in [-0.05, 0) is 46.2 Å². The molecule has 0 aromatic carbocycles. The molecule has 2 saturated heterocycles. The van der Waals surface area contributed by atoms with Gasteiger partial charge >= 0.3 is 0 Å². The van der Waals surface area contributed by atoms with E-state index >= 15 is 0 Å². The summed E-state index contributed by atoms with van der Waals surface area (Å²) in [5, 5.41) is 3.56. The summed E-state index contributed by atoms with van der Waals surface area (Å²) in [7, 11) is 2.27. The summed E-state index contributed by atoms with van der Waals surface area (Å²) in [5.41, 5.74) is 0. The molecule has 88 valence electrons. The molecule has 0 spiro atoms. The average molecular weight is 212 g/mol. The number of likely N-dealkylation sites (N-methyl/N-ethyl adjacent to an activating group) is 1. The average Bonchev–Trinajstić information content (AvgIpc) is 2.70. The van der Waals surface area contributed by atoms with Gasteiger partial charge in [0.25, 0.3) is 0 Å². The maximum Gasteiger partial charge on any atom is 0.0561 e. The van der Waals surface area contributed by atoms with E-state index in [4.69, 9.17) is 4.74 Å². The summed E-state index contributed by atoms with van der Waals surface area (Å²) in [6.07, 6.45) is 5.55. The molecule has 3 heteroatoms. The number of nitrogens with one attached hydrogen (secondary N) is 1. The van der Waals surface area contributed by atoms with Crippen molar-refractivity contribution in [3.05, 3.63) is 0 Å². The molecule has 2 rings (SSSR count). The molecule has 15 heavy (non-hydrogen) atoms. The maximum atomic E-state index is 5.59. The second kappa shape index (κ2) is 5.28. The zero-order valence-electron chi connectivity index (χ0n) is 10.0. The standard InChI is InChI=1S/C12H24N2O/c1-10-8-12(5-7-15-10)14(2)9-11-4-3-6-13-11/h10-13H,3-9H2,1-2H3. The lowest BCUT2D eigenvalue weighted by molar-refractivity contribution is -0.0129. The van der Waals surface area contributed by atoms with Gasteiger partial charge < -0.3 is 15.0 Å². The van der Waals surface area contributed by atoms with E-state index in [1.165, 1.54) is 38.8 Å². The molecule has 3 unspecified atom stereocenters. The van der Waals surface area contributed by atoms with Crippen LogP contribution in [0.1, 0.15) is 32.6 Å². The molecule has 3 atom stereocenters. The maximum absolute atomic E-state index is 5.59. The van der Waals surface area contributed by atoms with E-state index in [2.05, 4.69) is 24.2 Å². The van der Waals surface area contributed by atoms with Gasteiger partial charge in [0.15, 0.2) is 0 Å². The van der Waals surface area contributed by atoms with Crippen LogP contribution in [0.2, 0.25) is 0 Å². The van der Waals surface area contributed by atoms with Crippen molar-refractivity contribution >= 4 is 0 Å². The summed E-state index contributed by atoms with van der Waals surface area (Å²) in [6.45, 7) is 5.54. The molecule has 1 N–H and O–H groups in total. The molecule has 0 saturated carbocycles. The normalized spacial score (nSPS) is 37.4. The summed E-state index contributed by atoms with van der Waals surface area (Å²) in [5.74, 6) is 0. The molecule has 0 radical (unpaired) electrons. The molecule has 2 fully saturated rings. The third-order valence-corrected chi connectivity index (χ3v) is 3.75. The first kappa shape index (κ1) is 11.4. The minimum Gasteiger partial charge on any atom is -0.378 e. The van der Waals surface area contributed by atoms with Crippen LogP contribution < -0.4 is 5.32 Å². The van der Waals surface area contributed by atoms with Gasteiger partial charge in [-0.1, -0.05) is 0 Å². The van der Waals surface area contributed by atoms with Crippen molar-refractivity contribution in [2.75, 3.05) is 26.7 Å². The number of hydrogen-bond acceptors (Lipinski definition) is 3. The molecular weight excluding hydrogens is 188 g/mol. The molecule has 0 aromatic rings. The van der Waals surface area contributed by atoms with Gasteiger partial charge in [-0.25, -0.2) is 0 Å². The predicted octanol–water partition coefficient (Wildman–Crippen LogP) is 1.24. The van der Waals surface area contributed by atoms with Gasteiger partial charge in [0.1, 0.15) is 0 Å². The van der Waals surface area contributed by atoms with Crippen LogP contribution in [0.5, 0.6) is 0 Å². The van der Waals surface area contributed by atoms with Crippen molar-refractivity contribution < 1.29 is 4.74 Å². The van der Waals surface area contributed by atoms with E-state index in [0.29, 0.717) is 6.10 Å². The largest absolute Gasteiger partial charge is 0.378 e. The fourth-order valence-corrected chi connectivity index (χ4v) is 2.78. The lowest BCUT2D eigenvalue weighted by Crippen LogP contribution is -2.44. The first-order valence-electron chi connectivity index (χ1n) is 6.31. The molecule has 0 bridgehead atoms. The van der Waals surface area contributed by atoms with Gasteiger partial charge in [0.05, 0.1) is 6.10 Å². The van der Waals surface area contributed by atoms with Crippen LogP contribution >= 0.6 is 0 Å². The van der Waals surface area contributed by atoms with Crippen molar-refractivity contribution in [2.24, 2.45) is 0 Å². The third kappa shape index (κ3) is 3.16. The SMILES string of the molecule is CC1CC(N(C)CC2CCCN2)CCO1. The third-order valence-electron chi connectivity index (χ3n) is 3.75. The Morgan fingerprint density at radius 1 is 1.40 bits per heavy atom. The molecule has 0 aliphatic carbocycles.